The highest BCUT2D eigenvalue weighted by Gasteiger charge is 2.26. The number of carboxylic acid groups (broad SMARTS) is 1. The van der Waals surface area contributed by atoms with E-state index in [2.05, 4.69) is 10.6 Å². The predicted molar refractivity (Wildman–Crippen MR) is 91.5 cm³/mol. The van der Waals surface area contributed by atoms with Gasteiger partial charge in [-0.15, -0.1) is 0 Å². The first-order valence-electron chi connectivity index (χ1n) is 8.02. The Labute approximate surface area is 147 Å². The molecule has 0 aromatic heterocycles. The Hall–Kier alpha value is -2.88. The number of hydrogen-bond donors (Lipinski definition) is 3. The Morgan fingerprint density at radius 3 is 2.40 bits per heavy atom. The van der Waals surface area contributed by atoms with Gasteiger partial charge in [-0.1, -0.05) is 26.0 Å². The lowest BCUT2D eigenvalue weighted by Gasteiger charge is -2.22. The molecule has 3 N–H and O–H groups in total. The van der Waals surface area contributed by atoms with Crippen molar-refractivity contribution in [1.82, 2.24) is 10.6 Å². The Bertz CT molecular complexity index is 679. The van der Waals surface area contributed by atoms with Crippen LogP contribution in [0.5, 0.6) is 0 Å². The average molecular weight is 345 g/mol. The Morgan fingerprint density at radius 1 is 1.20 bits per heavy atom. The smallest absolute Gasteiger partial charge is 0.326 e. The van der Waals surface area contributed by atoms with Crippen molar-refractivity contribution in [3.8, 4) is 6.07 Å². The van der Waals surface area contributed by atoms with E-state index in [0.29, 0.717) is 17.5 Å². The molecule has 0 spiro atoms. The van der Waals surface area contributed by atoms with E-state index in [0.717, 1.165) is 0 Å². The van der Waals surface area contributed by atoms with Gasteiger partial charge in [0.2, 0.25) is 11.8 Å². The molecule has 1 aromatic rings. The predicted octanol–water partition coefficient (Wildman–Crippen LogP) is 1.22. The highest BCUT2D eigenvalue weighted by Crippen LogP contribution is 2.09. The lowest BCUT2D eigenvalue weighted by molar-refractivity contribution is -0.142. The Balaban J connectivity index is 2.87. The van der Waals surface area contributed by atoms with Crippen molar-refractivity contribution in [1.29, 1.82) is 5.26 Å². The summed E-state index contributed by atoms with van der Waals surface area (Å²) in [5, 5.41) is 23.3. The Kier molecular flexibility index (Phi) is 7.60. The summed E-state index contributed by atoms with van der Waals surface area (Å²) < 4.78 is 0. The first-order valence-corrected chi connectivity index (χ1v) is 8.02. The molecule has 2 amide bonds. The third-order valence-corrected chi connectivity index (χ3v) is 3.51. The topological polar surface area (TPSA) is 119 Å². The van der Waals surface area contributed by atoms with Gasteiger partial charge >= 0.3 is 5.97 Å². The van der Waals surface area contributed by atoms with Crippen molar-refractivity contribution in [3.63, 3.8) is 0 Å². The molecule has 1 rings (SSSR count). The molecule has 0 unspecified atom stereocenters. The van der Waals surface area contributed by atoms with Crippen LogP contribution in [-0.4, -0.2) is 35.0 Å². The monoisotopic (exact) mass is 345 g/mol. The van der Waals surface area contributed by atoms with E-state index in [4.69, 9.17) is 5.26 Å². The van der Waals surface area contributed by atoms with Crippen molar-refractivity contribution in [2.75, 3.05) is 0 Å². The van der Waals surface area contributed by atoms with E-state index < -0.39 is 24.0 Å². The molecule has 1 aromatic carbocycles. The van der Waals surface area contributed by atoms with Crippen LogP contribution in [-0.2, 0) is 20.8 Å². The minimum atomic E-state index is -1.18. The van der Waals surface area contributed by atoms with E-state index >= 15 is 0 Å². The van der Waals surface area contributed by atoms with Crippen molar-refractivity contribution in [2.45, 2.75) is 45.7 Å². The van der Waals surface area contributed by atoms with Crippen LogP contribution < -0.4 is 10.6 Å². The number of amides is 2. The van der Waals surface area contributed by atoms with Crippen LogP contribution in [0.4, 0.5) is 0 Å². The van der Waals surface area contributed by atoms with Gasteiger partial charge < -0.3 is 15.7 Å². The van der Waals surface area contributed by atoms with Crippen molar-refractivity contribution in [2.24, 2.45) is 5.92 Å². The quantitative estimate of drug-likeness (QED) is 0.654. The van der Waals surface area contributed by atoms with Gasteiger partial charge in [-0.2, -0.15) is 5.26 Å². The molecule has 7 nitrogen and oxygen atoms in total. The van der Waals surface area contributed by atoms with Gasteiger partial charge in [0.25, 0.3) is 0 Å². The molecular formula is C18H23N3O4. The van der Waals surface area contributed by atoms with E-state index in [9.17, 15) is 19.5 Å². The lowest BCUT2D eigenvalue weighted by atomic mass is 10.0. The van der Waals surface area contributed by atoms with Gasteiger partial charge in [0.15, 0.2) is 0 Å². The molecule has 0 bridgehead atoms. The number of carboxylic acids is 1. The highest BCUT2D eigenvalue weighted by molar-refractivity contribution is 5.90. The fourth-order valence-corrected chi connectivity index (χ4v) is 2.42. The van der Waals surface area contributed by atoms with E-state index in [1.54, 1.807) is 24.3 Å². The summed E-state index contributed by atoms with van der Waals surface area (Å²) in [6.07, 6.45) is 0.451. The van der Waals surface area contributed by atoms with E-state index in [1.165, 1.54) is 6.92 Å². The van der Waals surface area contributed by atoms with Crippen LogP contribution in [0.2, 0.25) is 0 Å². The van der Waals surface area contributed by atoms with Gasteiger partial charge in [0.1, 0.15) is 12.1 Å². The largest absolute Gasteiger partial charge is 0.480 e. The second-order valence-electron chi connectivity index (χ2n) is 6.30. The zero-order chi connectivity index (χ0) is 19.0. The second kappa shape index (κ2) is 9.42. The summed E-state index contributed by atoms with van der Waals surface area (Å²) in [6, 6.07) is 6.61. The molecule has 7 heteroatoms. The molecule has 0 saturated carbocycles. The van der Waals surface area contributed by atoms with E-state index in [1.807, 2.05) is 19.9 Å². The molecular weight excluding hydrogens is 322 g/mol. The number of nitrogens with zero attached hydrogens (tertiary/aromatic N) is 1. The summed E-state index contributed by atoms with van der Waals surface area (Å²) in [5.41, 5.74) is 1.05. The molecule has 134 valence electrons. The van der Waals surface area contributed by atoms with Gasteiger partial charge in [-0.05, 0) is 30.0 Å². The Morgan fingerprint density at radius 2 is 1.88 bits per heavy atom. The number of carbonyl (C=O) groups is 3. The van der Waals surface area contributed by atoms with Crippen LogP contribution in [0.3, 0.4) is 0 Å². The lowest BCUT2D eigenvalue weighted by Crippen LogP contribution is -2.52. The second-order valence-corrected chi connectivity index (χ2v) is 6.30. The molecule has 0 radical (unpaired) electrons. The first-order chi connectivity index (χ1) is 11.7. The number of carbonyl (C=O) groups excluding carboxylic acids is 2. The number of aliphatic carboxylic acids is 1. The zero-order valence-corrected chi connectivity index (χ0v) is 14.6. The van der Waals surface area contributed by atoms with Crippen LogP contribution in [0.25, 0.3) is 0 Å². The minimum absolute atomic E-state index is 0.0467. The molecule has 0 aliphatic rings. The maximum atomic E-state index is 12.4. The fraction of sp³-hybridized carbons (Fsp3) is 0.444. The van der Waals surface area contributed by atoms with Crippen LogP contribution >= 0.6 is 0 Å². The highest BCUT2D eigenvalue weighted by atomic mass is 16.4. The van der Waals surface area contributed by atoms with Gasteiger partial charge in [-0.3, -0.25) is 9.59 Å². The molecule has 0 fully saturated rings. The number of nitriles is 1. The van der Waals surface area contributed by atoms with Gasteiger partial charge in [0, 0.05) is 13.3 Å². The van der Waals surface area contributed by atoms with Crippen molar-refractivity contribution < 1.29 is 19.5 Å². The minimum Gasteiger partial charge on any atom is -0.480 e. The van der Waals surface area contributed by atoms with Crippen molar-refractivity contribution >= 4 is 17.8 Å². The standard InChI is InChI=1S/C18H23N3O4/c1-11(2)7-15(20-12(3)22)17(23)21-16(18(24)25)9-13-5-4-6-14(8-13)10-19/h4-6,8,11,15-16H,7,9H2,1-3H3,(H,20,22)(H,21,23)(H,24,25)/t15-,16+/m0/s1. The summed E-state index contributed by atoms with van der Waals surface area (Å²) in [7, 11) is 0. The first kappa shape index (κ1) is 20.2. The molecule has 2 atom stereocenters. The van der Waals surface area contributed by atoms with Crippen LogP contribution in [0.1, 0.15) is 38.3 Å². The summed E-state index contributed by atoms with van der Waals surface area (Å²) in [5.74, 6) is -1.91. The normalized spacial score (nSPS) is 12.8. The SMILES string of the molecule is CC(=O)N[C@@H](CC(C)C)C(=O)N[C@H](Cc1cccc(C#N)c1)C(=O)O. The number of benzene rings is 1. The summed E-state index contributed by atoms with van der Waals surface area (Å²) in [6.45, 7) is 5.12. The van der Waals surface area contributed by atoms with E-state index in [-0.39, 0.29) is 18.2 Å². The van der Waals surface area contributed by atoms with Crippen molar-refractivity contribution in [3.05, 3.63) is 35.4 Å². The maximum absolute atomic E-state index is 12.4. The fourth-order valence-electron chi connectivity index (χ4n) is 2.42. The molecule has 0 saturated heterocycles. The third kappa shape index (κ3) is 7.04. The third-order valence-electron chi connectivity index (χ3n) is 3.51. The summed E-state index contributed by atoms with van der Waals surface area (Å²) >= 11 is 0. The zero-order valence-electron chi connectivity index (χ0n) is 14.6. The van der Waals surface area contributed by atoms with Crippen LogP contribution in [0.15, 0.2) is 24.3 Å². The molecule has 0 aliphatic carbocycles. The number of nitrogens with one attached hydrogen (secondary N) is 2. The number of hydrogen-bond acceptors (Lipinski definition) is 4. The molecule has 0 heterocycles. The van der Waals surface area contributed by atoms with Gasteiger partial charge in [-0.25, -0.2) is 4.79 Å². The van der Waals surface area contributed by atoms with Crippen LogP contribution in [0, 0.1) is 17.2 Å². The maximum Gasteiger partial charge on any atom is 0.326 e. The summed E-state index contributed by atoms with van der Waals surface area (Å²) in [4.78, 5) is 35.2. The number of rotatable bonds is 8. The molecule has 25 heavy (non-hydrogen) atoms. The van der Waals surface area contributed by atoms with Gasteiger partial charge in [0.05, 0.1) is 11.6 Å². The molecule has 0 aliphatic heterocycles. The average Bonchev–Trinajstić information content (AvgIpc) is 2.52.